The van der Waals surface area contributed by atoms with Gasteiger partial charge in [-0.05, 0) is 19.3 Å². The van der Waals surface area contributed by atoms with Crippen molar-refractivity contribution in [2.45, 2.75) is 104 Å². The van der Waals surface area contributed by atoms with Gasteiger partial charge >= 0.3 is 0 Å². The fourth-order valence-electron chi connectivity index (χ4n) is 3.05. The van der Waals surface area contributed by atoms with Gasteiger partial charge in [-0.15, -0.1) is 0 Å². The van der Waals surface area contributed by atoms with E-state index in [1.54, 1.807) is 0 Å². The van der Waals surface area contributed by atoms with Crippen molar-refractivity contribution < 1.29 is 23.9 Å². The van der Waals surface area contributed by atoms with Gasteiger partial charge in [-0.25, -0.2) is 0 Å². The Balaban J connectivity index is 3.25. The maximum absolute atomic E-state index is 11.8. The molecule has 1 N–H and O–H groups in total. The number of carbonyl (C=O) groups is 3. The van der Waals surface area contributed by atoms with Crippen LogP contribution in [0.15, 0.2) is 0 Å². The van der Waals surface area contributed by atoms with Gasteiger partial charge < -0.3 is 14.8 Å². The smallest absolute Gasteiger partial charge is 0.220 e. The third kappa shape index (κ3) is 21.4. The highest BCUT2D eigenvalue weighted by Gasteiger charge is 2.02. The zero-order valence-electron chi connectivity index (χ0n) is 19.5. The van der Waals surface area contributed by atoms with Crippen LogP contribution < -0.4 is 5.32 Å². The molecule has 1 amide bonds. The van der Waals surface area contributed by atoms with Crippen LogP contribution in [0.1, 0.15) is 104 Å². The maximum atomic E-state index is 11.8. The van der Waals surface area contributed by atoms with Crippen LogP contribution in [-0.2, 0) is 23.9 Å². The second-order valence-electron chi connectivity index (χ2n) is 7.88. The Morgan fingerprint density at radius 1 is 0.633 bits per heavy atom. The molecule has 0 radical (unpaired) electrons. The van der Waals surface area contributed by atoms with E-state index in [9.17, 15) is 14.4 Å². The molecule has 0 bridgehead atoms. The molecular weight excluding hydrogens is 382 g/mol. The molecule has 176 valence electrons. The minimum atomic E-state index is 0.0805. The maximum Gasteiger partial charge on any atom is 0.220 e. The Kier molecular flexibility index (Phi) is 21.5. The SMILES string of the molecule is CCCCC(=O)COCCOCCNC(=O)CCCCCCCCCCC(=O)CC. The molecule has 0 saturated carbocycles. The minimum Gasteiger partial charge on any atom is -0.377 e. The predicted molar refractivity (Wildman–Crippen MR) is 121 cm³/mol. The van der Waals surface area contributed by atoms with Crippen molar-refractivity contribution in [2.75, 3.05) is 33.0 Å². The summed E-state index contributed by atoms with van der Waals surface area (Å²) in [5.41, 5.74) is 0. The first-order valence-corrected chi connectivity index (χ1v) is 12.1. The van der Waals surface area contributed by atoms with Crippen LogP contribution in [0.2, 0.25) is 0 Å². The van der Waals surface area contributed by atoms with Crippen LogP contribution in [0.4, 0.5) is 0 Å². The zero-order chi connectivity index (χ0) is 22.3. The molecule has 0 rings (SSSR count). The van der Waals surface area contributed by atoms with Crippen LogP contribution >= 0.6 is 0 Å². The Hall–Kier alpha value is -1.27. The Morgan fingerprint density at radius 3 is 1.83 bits per heavy atom. The second kappa shape index (κ2) is 22.4. The number of hydrogen-bond acceptors (Lipinski definition) is 5. The average Bonchev–Trinajstić information content (AvgIpc) is 2.75. The minimum absolute atomic E-state index is 0.0805. The number of Topliss-reactive ketones (excluding diaryl/α,β-unsaturated/α-hetero) is 2. The lowest BCUT2D eigenvalue weighted by Gasteiger charge is -2.07. The third-order valence-electron chi connectivity index (χ3n) is 5.02. The molecule has 0 saturated heterocycles. The van der Waals surface area contributed by atoms with Gasteiger partial charge in [0.05, 0.1) is 19.8 Å². The van der Waals surface area contributed by atoms with Crippen LogP contribution in [0.5, 0.6) is 0 Å². The molecule has 30 heavy (non-hydrogen) atoms. The van der Waals surface area contributed by atoms with Crippen molar-refractivity contribution in [3.63, 3.8) is 0 Å². The Labute approximate surface area is 183 Å². The van der Waals surface area contributed by atoms with E-state index >= 15 is 0 Å². The van der Waals surface area contributed by atoms with E-state index in [-0.39, 0.29) is 18.3 Å². The van der Waals surface area contributed by atoms with E-state index in [4.69, 9.17) is 9.47 Å². The quantitative estimate of drug-likeness (QED) is 0.237. The summed E-state index contributed by atoms with van der Waals surface area (Å²) in [5, 5.41) is 2.87. The largest absolute Gasteiger partial charge is 0.377 e. The topological polar surface area (TPSA) is 81.7 Å². The van der Waals surface area contributed by atoms with Crippen molar-refractivity contribution >= 4 is 17.5 Å². The molecule has 0 fully saturated rings. The number of amides is 1. The fourth-order valence-corrected chi connectivity index (χ4v) is 3.05. The summed E-state index contributed by atoms with van der Waals surface area (Å²) in [7, 11) is 0. The van der Waals surface area contributed by atoms with Gasteiger partial charge in [0.1, 0.15) is 12.4 Å². The second-order valence-corrected chi connectivity index (χ2v) is 7.88. The van der Waals surface area contributed by atoms with Gasteiger partial charge in [0, 0.05) is 32.2 Å². The van der Waals surface area contributed by atoms with Gasteiger partial charge in [0.2, 0.25) is 5.91 Å². The molecule has 6 heteroatoms. The van der Waals surface area contributed by atoms with E-state index in [1.807, 2.05) is 6.92 Å². The van der Waals surface area contributed by atoms with E-state index in [1.165, 1.54) is 25.7 Å². The van der Waals surface area contributed by atoms with E-state index in [0.29, 0.717) is 51.4 Å². The molecular formula is C24H45NO5. The van der Waals surface area contributed by atoms with Gasteiger partial charge in [0.25, 0.3) is 0 Å². The summed E-state index contributed by atoms with van der Waals surface area (Å²) in [6, 6.07) is 0. The molecule has 0 aromatic heterocycles. The highest BCUT2D eigenvalue weighted by molar-refractivity contribution is 5.79. The Bertz CT molecular complexity index is 439. The first-order chi connectivity index (χ1) is 14.6. The van der Waals surface area contributed by atoms with E-state index in [0.717, 1.165) is 44.9 Å². The monoisotopic (exact) mass is 427 g/mol. The van der Waals surface area contributed by atoms with E-state index < -0.39 is 0 Å². The molecule has 6 nitrogen and oxygen atoms in total. The number of carbonyl (C=O) groups excluding carboxylic acids is 3. The summed E-state index contributed by atoms with van der Waals surface area (Å²) < 4.78 is 10.7. The molecule has 0 heterocycles. The van der Waals surface area contributed by atoms with Gasteiger partial charge in [0.15, 0.2) is 5.78 Å². The van der Waals surface area contributed by atoms with Crippen LogP contribution in [0.25, 0.3) is 0 Å². The van der Waals surface area contributed by atoms with Crippen LogP contribution in [0.3, 0.4) is 0 Å². The first kappa shape index (κ1) is 28.7. The van der Waals surface area contributed by atoms with Gasteiger partial charge in [-0.2, -0.15) is 0 Å². The Morgan fingerprint density at radius 2 is 1.20 bits per heavy atom. The third-order valence-corrected chi connectivity index (χ3v) is 5.02. The number of rotatable bonds is 23. The van der Waals surface area contributed by atoms with Crippen molar-refractivity contribution in [2.24, 2.45) is 0 Å². The molecule has 0 unspecified atom stereocenters. The number of unbranched alkanes of at least 4 members (excludes halogenated alkanes) is 8. The molecule has 0 aromatic rings. The lowest BCUT2D eigenvalue weighted by molar-refractivity contribution is -0.124. The van der Waals surface area contributed by atoms with Crippen LogP contribution in [0, 0.1) is 0 Å². The normalized spacial score (nSPS) is 10.9. The van der Waals surface area contributed by atoms with E-state index in [2.05, 4.69) is 12.2 Å². The molecule has 0 aromatic carbocycles. The summed E-state index contributed by atoms with van der Waals surface area (Å²) in [4.78, 5) is 34.4. The predicted octanol–water partition coefficient (Wildman–Crippen LogP) is 4.78. The number of nitrogens with one attached hydrogen (secondary N) is 1. The fraction of sp³-hybridized carbons (Fsp3) is 0.875. The van der Waals surface area contributed by atoms with Gasteiger partial charge in [-0.1, -0.05) is 58.8 Å². The molecule has 0 aliphatic carbocycles. The summed E-state index contributed by atoms with van der Waals surface area (Å²) >= 11 is 0. The number of hydrogen-bond donors (Lipinski definition) is 1. The lowest BCUT2D eigenvalue weighted by atomic mass is 10.0. The van der Waals surface area contributed by atoms with Crippen molar-refractivity contribution in [1.82, 2.24) is 5.32 Å². The van der Waals surface area contributed by atoms with Crippen molar-refractivity contribution in [1.29, 1.82) is 0 Å². The highest BCUT2D eigenvalue weighted by Crippen LogP contribution is 2.11. The van der Waals surface area contributed by atoms with Crippen molar-refractivity contribution in [3.8, 4) is 0 Å². The molecule has 0 aliphatic heterocycles. The van der Waals surface area contributed by atoms with Gasteiger partial charge in [-0.3, -0.25) is 14.4 Å². The summed E-state index contributed by atoms with van der Waals surface area (Å²) in [6.07, 6.45) is 13.5. The lowest BCUT2D eigenvalue weighted by Crippen LogP contribution is -2.27. The van der Waals surface area contributed by atoms with Crippen LogP contribution in [-0.4, -0.2) is 50.4 Å². The molecule has 0 spiro atoms. The molecule has 0 aliphatic rings. The summed E-state index contributed by atoms with van der Waals surface area (Å²) in [6.45, 7) is 5.96. The average molecular weight is 428 g/mol. The number of ketones is 2. The summed E-state index contributed by atoms with van der Waals surface area (Å²) in [5.74, 6) is 0.598. The van der Waals surface area contributed by atoms with Crippen molar-refractivity contribution in [3.05, 3.63) is 0 Å². The first-order valence-electron chi connectivity index (χ1n) is 12.1. The molecule has 0 atom stereocenters. The standard InChI is InChI=1S/C24H45NO5/c1-3-5-14-23(27)21-30-20-19-29-18-17-25-24(28)16-13-11-9-7-6-8-10-12-15-22(26)4-2/h3-21H2,1-2H3,(H,25,28). The number of ether oxygens (including phenoxy) is 2. The highest BCUT2D eigenvalue weighted by atomic mass is 16.5. The zero-order valence-corrected chi connectivity index (χ0v) is 19.5.